The second-order valence-corrected chi connectivity index (χ2v) is 3.47. The van der Waals surface area contributed by atoms with Crippen molar-refractivity contribution in [2.24, 2.45) is 11.7 Å². The van der Waals surface area contributed by atoms with Gasteiger partial charge in [0.25, 0.3) is 0 Å². The van der Waals surface area contributed by atoms with Crippen LogP contribution >= 0.6 is 0 Å². The Bertz CT molecular complexity index is 165. The SMILES string of the molecule is COCCOCCCNCC(C)C(N)=O. The van der Waals surface area contributed by atoms with Crippen LogP contribution in [0.25, 0.3) is 0 Å². The average molecular weight is 218 g/mol. The predicted molar refractivity (Wildman–Crippen MR) is 58.5 cm³/mol. The third-order valence-corrected chi connectivity index (χ3v) is 2.01. The number of carbonyl (C=O) groups is 1. The van der Waals surface area contributed by atoms with E-state index in [4.69, 9.17) is 15.2 Å². The minimum absolute atomic E-state index is 0.112. The van der Waals surface area contributed by atoms with Crippen molar-refractivity contribution in [1.29, 1.82) is 0 Å². The lowest BCUT2D eigenvalue weighted by atomic mass is 10.2. The molecule has 0 saturated carbocycles. The number of nitrogens with one attached hydrogen (secondary N) is 1. The molecule has 1 amide bonds. The Labute approximate surface area is 91.3 Å². The fraction of sp³-hybridized carbons (Fsp3) is 0.900. The van der Waals surface area contributed by atoms with Gasteiger partial charge in [-0.1, -0.05) is 6.92 Å². The summed E-state index contributed by atoms with van der Waals surface area (Å²) in [6, 6.07) is 0. The van der Waals surface area contributed by atoms with Crippen molar-refractivity contribution in [2.75, 3.05) is 40.0 Å². The lowest BCUT2D eigenvalue weighted by molar-refractivity contribution is -0.121. The minimum atomic E-state index is -0.265. The zero-order valence-corrected chi connectivity index (χ0v) is 9.62. The van der Waals surface area contributed by atoms with Gasteiger partial charge in [0, 0.05) is 26.2 Å². The van der Waals surface area contributed by atoms with Crippen LogP contribution in [-0.4, -0.2) is 45.9 Å². The number of nitrogens with two attached hydrogens (primary N) is 1. The fourth-order valence-electron chi connectivity index (χ4n) is 0.963. The van der Waals surface area contributed by atoms with E-state index in [2.05, 4.69) is 5.32 Å². The quantitative estimate of drug-likeness (QED) is 0.496. The van der Waals surface area contributed by atoms with Crippen LogP contribution in [0.15, 0.2) is 0 Å². The molecule has 0 aromatic heterocycles. The molecule has 5 nitrogen and oxygen atoms in total. The molecule has 0 aromatic rings. The molecule has 0 fully saturated rings. The number of hydrogen-bond acceptors (Lipinski definition) is 4. The number of carbonyl (C=O) groups excluding carboxylic acids is 1. The summed E-state index contributed by atoms with van der Waals surface area (Å²) in [7, 11) is 1.65. The van der Waals surface area contributed by atoms with E-state index in [-0.39, 0.29) is 11.8 Å². The second kappa shape index (κ2) is 9.89. The first kappa shape index (κ1) is 14.3. The topological polar surface area (TPSA) is 73.6 Å². The molecule has 5 heteroatoms. The maximum atomic E-state index is 10.7. The van der Waals surface area contributed by atoms with E-state index in [9.17, 15) is 4.79 Å². The van der Waals surface area contributed by atoms with Gasteiger partial charge in [-0.2, -0.15) is 0 Å². The molecule has 15 heavy (non-hydrogen) atoms. The Hall–Kier alpha value is -0.650. The molecule has 0 aliphatic carbocycles. The highest BCUT2D eigenvalue weighted by Gasteiger charge is 2.06. The molecule has 0 radical (unpaired) electrons. The van der Waals surface area contributed by atoms with E-state index < -0.39 is 0 Å². The summed E-state index contributed by atoms with van der Waals surface area (Å²) in [5.41, 5.74) is 5.11. The van der Waals surface area contributed by atoms with Crippen LogP contribution in [0.2, 0.25) is 0 Å². The Kier molecular flexibility index (Phi) is 9.46. The second-order valence-electron chi connectivity index (χ2n) is 3.47. The molecule has 1 atom stereocenters. The van der Waals surface area contributed by atoms with E-state index in [1.165, 1.54) is 0 Å². The predicted octanol–water partition coefficient (Wildman–Crippen LogP) is -0.249. The third kappa shape index (κ3) is 9.65. The van der Waals surface area contributed by atoms with Gasteiger partial charge < -0.3 is 20.5 Å². The number of primary amides is 1. The Morgan fingerprint density at radius 1 is 1.40 bits per heavy atom. The molecule has 3 N–H and O–H groups in total. The highest BCUT2D eigenvalue weighted by atomic mass is 16.5. The third-order valence-electron chi connectivity index (χ3n) is 2.01. The first-order valence-corrected chi connectivity index (χ1v) is 5.25. The van der Waals surface area contributed by atoms with Crippen LogP contribution in [0.3, 0.4) is 0 Å². The summed E-state index contributed by atoms with van der Waals surface area (Å²) in [5, 5.41) is 3.15. The maximum absolute atomic E-state index is 10.7. The molecule has 0 heterocycles. The van der Waals surface area contributed by atoms with Crippen LogP contribution in [0.4, 0.5) is 0 Å². The van der Waals surface area contributed by atoms with Gasteiger partial charge in [-0.3, -0.25) is 4.79 Å². The Morgan fingerprint density at radius 3 is 2.73 bits per heavy atom. The van der Waals surface area contributed by atoms with Gasteiger partial charge in [-0.15, -0.1) is 0 Å². The van der Waals surface area contributed by atoms with Gasteiger partial charge in [0.2, 0.25) is 5.91 Å². The monoisotopic (exact) mass is 218 g/mol. The normalized spacial score (nSPS) is 12.7. The fourth-order valence-corrected chi connectivity index (χ4v) is 0.963. The van der Waals surface area contributed by atoms with Gasteiger partial charge in [-0.25, -0.2) is 0 Å². The molecule has 0 aromatic carbocycles. The van der Waals surface area contributed by atoms with Crippen molar-refractivity contribution in [1.82, 2.24) is 5.32 Å². The molecular formula is C10H22N2O3. The summed E-state index contributed by atoms with van der Waals surface area (Å²) in [5.74, 6) is -0.377. The molecule has 0 aliphatic rings. The molecule has 0 spiro atoms. The van der Waals surface area contributed by atoms with Gasteiger partial charge in [0.1, 0.15) is 0 Å². The molecule has 0 aliphatic heterocycles. The van der Waals surface area contributed by atoms with Crippen LogP contribution in [0, 0.1) is 5.92 Å². The van der Waals surface area contributed by atoms with Crippen LogP contribution in [0.5, 0.6) is 0 Å². The van der Waals surface area contributed by atoms with Gasteiger partial charge in [0.05, 0.1) is 13.2 Å². The van der Waals surface area contributed by atoms with E-state index in [0.29, 0.717) is 26.4 Å². The molecule has 90 valence electrons. The Morgan fingerprint density at radius 2 is 2.13 bits per heavy atom. The average Bonchev–Trinajstić information content (AvgIpc) is 2.21. The number of ether oxygens (including phenoxy) is 2. The van der Waals surface area contributed by atoms with Crippen molar-refractivity contribution >= 4 is 5.91 Å². The standard InChI is InChI=1S/C10H22N2O3/c1-9(10(11)13)8-12-4-3-5-15-7-6-14-2/h9,12H,3-8H2,1-2H3,(H2,11,13). The summed E-state index contributed by atoms with van der Waals surface area (Å²) in [6.07, 6.45) is 0.926. The van der Waals surface area contributed by atoms with Crippen molar-refractivity contribution in [3.63, 3.8) is 0 Å². The van der Waals surface area contributed by atoms with E-state index in [1.54, 1.807) is 7.11 Å². The molecule has 0 rings (SSSR count). The van der Waals surface area contributed by atoms with Crippen LogP contribution in [-0.2, 0) is 14.3 Å². The van der Waals surface area contributed by atoms with E-state index >= 15 is 0 Å². The summed E-state index contributed by atoms with van der Waals surface area (Å²) < 4.78 is 10.1. The smallest absolute Gasteiger partial charge is 0.221 e. The zero-order valence-electron chi connectivity index (χ0n) is 9.62. The minimum Gasteiger partial charge on any atom is -0.382 e. The number of hydrogen-bond donors (Lipinski definition) is 2. The van der Waals surface area contributed by atoms with Gasteiger partial charge >= 0.3 is 0 Å². The molecule has 1 unspecified atom stereocenters. The van der Waals surface area contributed by atoms with Crippen molar-refractivity contribution in [2.45, 2.75) is 13.3 Å². The number of rotatable bonds is 10. The maximum Gasteiger partial charge on any atom is 0.221 e. The zero-order chi connectivity index (χ0) is 11.5. The summed E-state index contributed by atoms with van der Waals surface area (Å²) in [6.45, 7) is 5.25. The van der Waals surface area contributed by atoms with Crippen LogP contribution < -0.4 is 11.1 Å². The van der Waals surface area contributed by atoms with Crippen molar-refractivity contribution in [3.05, 3.63) is 0 Å². The largest absolute Gasteiger partial charge is 0.382 e. The van der Waals surface area contributed by atoms with Gasteiger partial charge in [0.15, 0.2) is 0 Å². The summed E-state index contributed by atoms with van der Waals surface area (Å²) in [4.78, 5) is 10.7. The highest BCUT2D eigenvalue weighted by Crippen LogP contribution is 1.89. The van der Waals surface area contributed by atoms with Crippen LogP contribution in [0.1, 0.15) is 13.3 Å². The lowest BCUT2D eigenvalue weighted by Gasteiger charge is -2.08. The highest BCUT2D eigenvalue weighted by molar-refractivity contribution is 5.76. The number of amides is 1. The van der Waals surface area contributed by atoms with Gasteiger partial charge in [-0.05, 0) is 13.0 Å². The van der Waals surface area contributed by atoms with E-state index in [0.717, 1.165) is 13.0 Å². The first-order chi connectivity index (χ1) is 7.18. The molecule has 0 saturated heterocycles. The van der Waals surface area contributed by atoms with Crippen molar-refractivity contribution in [3.8, 4) is 0 Å². The summed E-state index contributed by atoms with van der Waals surface area (Å²) >= 11 is 0. The molecule has 0 bridgehead atoms. The first-order valence-electron chi connectivity index (χ1n) is 5.25. The number of methoxy groups -OCH3 is 1. The van der Waals surface area contributed by atoms with E-state index in [1.807, 2.05) is 6.92 Å². The lowest BCUT2D eigenvalue weighted by Crippen LogP contribution is -2.31. The Balaban J connectivity index is 3.08. The molecular weight excluding hydrogens is 196 g/mol. The van der Waals surface area contributed by atoms with Crippen molar-refractivity contribution < 1.29 is 14.3 Å².